The Bertz CT molecular complexity index is 448. The molecular formula is C15H22F2N2. The van der Waals surface area contributed by atoms with E-state index >= 15 is 0 Å². The maximum Gasteiger partial charge on any atom is 0.152 e. The van der Waals surface area contributed by atoms with Crippen molar-refractivity contribution >= 4 is 5.69 Å². The van der Waals surface area contributed by atoms with Gasteiger partial charge in [-0.15, -0.1) is 0 Å². The zero-order chi connectivity index (χ0) is 14.0. The Labute approximate surface area is 113 Å². The lowest BCUT2D eigenvalue weighted by Gasteiger charge is -2.34. The Morgan fingerprint density at radius 3 is 2.79 bits per heavy atom. The number of rotatable bonds is 3. The topological polar surface area (TPSA) is 15.3 Å². The van der Waals surface area contributed by atoms with Crippen LogP contribution in [0.4, 0.5) is 14.5 Å². The summed E-state index contributed by atoms with van der Waals surface area (Å²) in [6.07, 6.45) is 2.25. The molecule has 0 spiro atoms. The van der Waals surface area contributed by atoms with E-state index in [9.17, 15) is 8.78 Å². The highest BCUT2D eigenvalue weighted by atomic mass is 19.1. The molecule has 0 aromatic heterocycles. The van der Waals surface area contributed by atoms with Crippen LogP contribution in [0.1, 0.15) is 25.3 Å². The van der Waals surface area contributed by atoms with Gasteiger partial charge < -0.3 is 10.2 Å². The van der Waals surface area contributed by atoms with E-state index in [2.05, 4.69) is 17.3 Å². The molecule has 0 radical (unpaired) electrons. The SMILES string of the molecule is Cc1ccc(F)c(NC(C)C2CCCN(C)C2)c1F. The molecule has 1 fully saturated rings. The Morgan fingerprint density at radius 2 is 2.11 bits per heavy atom. The summed E-state index contributed by atoms with van der Waals surface area (Å²) in [4.78, 5) is 2.27. The van der Waals surface area contributed by atoms with Crippen molar-refractivity contribution in [1.82, 2.24) is 4.90 Å². The van der Waals surface area contributed by atoms with E-state index in [1.54, 1.807) is 6.92 Å². The molecule has 2 atom stereocenters. The summed E-state index contributed by atoms with van der Waals surface area (Å²) in [5.74, 6) is -0.562. The third-order valence-electron chi connectivity index (χ3n) is 4.02. The summed E-state index contributed by atoms with van der Waals surface area (Å²) in [6, 6.07) is 2.85. The lowest BCUT2D eigenvalue weighted by Crippen LogP contribution is -2.40. The van der Waals surface area contributed by atoms with Crippen LogP contribution in [-0.2, 0) is 0 Å². The average Bonchev–Trinajstić information content (AvgIpc) is 2.39. The smallest absolute Gasteiger partial charge is 0.152 e. The summed E-state index contributed by atoms with van der Waals surface area (Å²) in [7, 11) is 2.09. The second-order valence-electron chi connectivity index (χ2n) is 5.65. The molecular weight excluding hydrogens is 246 g/mol. The minimum atomic E-state index is -0.515. The number of piperidine rings is 1. The molecule has 1 aromatic carbocycles. The summed E-state index contributed by atoms with van der Waals surface area (Å²) in [6.45, 7) is 5.74. The molecule has 1 saturated heterocycles. The van der Waals surface area contributed by atoms with Gasteiger partial charge in [-0.05, 0) is 57.8 Å². The fourth-order valence-electron chi connectivity index (χ4n) is 2.75. The monoisotopic (exact) mass is 268 g/mol. The van der Waals surface area contributed by atoms with E-state index in [0.29, 0.717) is 11.5 Å². The van der Waals surface area contributed by atoms with Crippen LogP contribution in [0.3, 0.4) is 0 Å². The van der Waals surface area contributed by atoms with Crippen molar-refractivity contribution in [3.05, 3.63) is 29.3 Å². The van der Waals surface area contributed by atoms with E-state index in [-0.39, 0.29) is 11.7 Å². The van der Waals surface area contributed by atoms with E-state index < -0.39 is 11.6 Å². The molecule has 1 N–H and O–H groups in total. The molecule has 2 nitrogen and oxygen atoms in total. The van der Waals surface area contributed by atoms with Gasteiger partial charge in [-0.3, -0.25) is 0 Å². The van der Waals surface area contributed by atoms with E-state index in [1.807, 2.05) is 6.92 Å². The van der Waals surface area contributed by atoms with E-state index in [4.69, 9.17) is 0 Å². The Morgan fingerprint density at radius 1 is 1.37 bits per heavy atom. The Balaban J connectivity index is 2.10. The largest absolute Gasteiger partial charge is 0.378 e. The van der Waals surface area contributed by atoms with Gasteiger partial charge in [0.15, 0.2) is 5.82 Å². The lowest BCUT2D eigenvalue weighted by molar-refractivity contribution is 0.197. The van der Waals surface area contributed by atoms with Crippen LogP contribution in [0.25, 0.3) is 0 Å². The molecule has 1 heterocycles. The number of halogens is 2. The van der Waals surface area contributed by atoms with Gasteiger partial charge in [0.2, 0.25) is 0 Å². The molecule has 4 heteroatoms. The highest BCUT2D eigenvalue weighted by Gasteiger charge is 2.24. The first kappa shape index (κ1) is 14.3. The Kier molecular flexibility index (Phi) is 4.40. The number of nitrogens with zero attached hydrogens (tertiary/aromatic N) is 1. The fourth-order valence-corrected chi connectivity index (χ4v) is 2.75. The molecule has 0 bridgehead atoms. The van der Waals surface area contributed by atoms with Gasteiger partial charge >= 0.3 is 0 Å². The number of anilines is 1. The molecule has 1 aliphatic heterocycles. The van der Waals surface area contributed by atoms with Crippen LogP contribution in [0, 0.1) is 24.5 Å². The van der Waals surface area contributed by atoms with Gasteiger partial charge in [-0.2, -0.15) is 0 Å². The normalized spacial score (nSPS) is 22.3. The highest BCUT2D eigenvalue weighted by Crippen LogP contribution is 2.26. The van der Waals surface area contributed by atoms with Crippen LogP contribution in [0.5, 0.6) is 0 Å². The first-order valence-corrected chi connectivity index (χ1v) is 6.88. The van der Waals surface area contributed by atoms with Crippen molar-refractivity contribution < 1.29 is 8.78 Å². The molecule has 2 unspecified atom stereocenters. The molecule has 0 saturated carbocycles. The van der Waals surface area contributed by atoms with Gasteiger partial charge in [0.05, 0.1) is 0 Å². The van der Waals surface area contributed by atoms with Gasteiger partial charge in [0, 0.05) is 12.6 Å². The minimum absolute atomic E-state index is 0.0146. The molecule has 0 aliphatic carbocycles. The third-order valence-corrected chi connectivity index (χ3v) is 4.02. The lowest BCUT2D eigenvalue weighted by atomic mass is 9.91. The van der Waals surface area contributed by atoms with E-state index in [1.165, 1.54) is 12.1 Å². The zero-order valence-electron chi connectivity index (χ0n) is 11.8. The van der Waals surface area contributed by atoms with Crippen molar-refractivity contribution in [2.75, 3.05) is 25.5 Å². The summed E-state index contributed by atoms with van der Waals surface area (Å²) < 4.78 is 27.7. The van der Waals surface area contributed by atoms with Crippen LogP contribution >= 0.6 is 0 Å². The summed E-state index contributed by atoms with van der Waals surface area (Å²) in [5.41, 5.74) is 0.484. The quantitative estimate of drug-likeness (QED) is 0.903. The number of benzene rings is 1. The average molecular weight is 268 g/mol. The number of hydrogen-bond donors (Lipinski definition) is 1. The fraction of sp³-hybridized carbons (Fsp3) is 0.600. The second kappa shape index (κ2) is 5.87. The highest BCUT2D eigenvalue weighted by molar-refractivity contribution is 5.49. The Hall–Kier alpha value is -1.16. The second-order valence-corrected chi connectivity index (χ2v) is 5.65. The molecule has 1 aromatic rings. The number of likely N-dealkylation sites (tertiary alicyclic amines) is 1. The van der Waals surface area contributed by atoms with Gasteiger partial charge in [-0.25, -0.2) is 8.78 Å². The van der Waals surface area contributed by atoms with Crippen molar-refractivity contribution in [2.45, 2.75) is 32.7 Å². The first-order valence-electron chi connectivity index (χ1n) is 6.88. The number of hydrogen-bond acceptors (Lipinski definition) is 2. The standard InChI is InChI=1S/C15H22F2N2/c1-10-6-7-13(16)15(14(10)17)18-11(2)12-5-4-8-19(3)9-12/h6-7,11-12,18H,4-5,8-9H2,1-3H3. The van der Waals surface area contributed by atoms with Crippen molar-refractivity contribution in [2.24, 2.45) is 5.92 Å². The van der Waals surface area contributed by atoms with Crippen LogP contribution in [-0.4, -0.2) is 31.1 Å². The molecule has 19 heavy (non-hydrogen) atoms. The third kappa shape index (κ3) is 3.24. The maximum absolute atomic E-state index is 14.0. The van der Waals surface area contributed by atoms with Crippen molar-refractivity contribution in [3.8, 4) is 0 Å². The minimum Gasteiger partial charge on any atom is -0.378 e. The van der Waals surface area contributed by atoms with Crippen molar-refractivity contribution in [3.63, 3.8) is 0 Å². The van der Waals surface area contributed by atoms with E-state index in [0.717, 1.165) is 25.9 Å². The van der Waals surface area contributed by atoms with Crippen LogP contribution in [0.2, 0.25) is 0 Å². The predicted molar refractivity (Wildman–Crippen MR) is 74.4 cm³/mol. The molecule has 106 valence electrons. The number of aryl methyl sites for hydroxylation is 1. The van der Waals surface area contributed by atoms with Gasteiger partial charge in [-0.1, -0.05) is 6.07 Å². The molecule has 1 aliphatic rings. The summed E-state index contributed by atoms with van der Waals surface area (Å²) >= 11 is 0. The summed E-state index contributed by atoms with van der Waals surface area (Å²) in [5, 5.41) is 3.03. The first-order chi connectivity index (χ1) is 8.99. The van der Waals surface area contributed by atoms with Gasteiger partial charge in [0.25, 0.3) is 0 Å². The maximum atomic E-state index is 14.0. The number of nitrogens with one attached hydrogen (secondary N) is 1. The van der Waals surface area contributed by atoms with Crippen molar-refractivity contribution in [1.29, 1.82) is 0 Å². The van der Waals surface area contributed by atoms with Gasteiger partial charge in [0.1, 0.15) is 11.5 Å². The van der Waals surface area contributed by atoms with Crippen LogP contribution in [0.15, 0.2) is 12.1 Å². The zero-order valence-corrected chi connectivity index (χ0v) is 11.8. The predicted octanol–water partition coefficient (Wildman–Crippen LogP) is 3.42. The molecule has 0 amide bonds. The molecule has 2 rings (SSSR count). The van der Waals surface area contributed by atoms with Crippen LogP contribution < -0.4 is 5.32 Å².